The molecule has 2 aliphatic heterocycles. The van der Waals surface area contributed by atoms with Gasteiger partial charge in [0.15, 0.2) is 0 Å². The number of nitrogens with zero attached hydrogens (tertiary/aromatic N) is 2. The van der Waals surface area contributed by atoms with Crippen molar-refractivity contribution in [2.24, 2.45) is 4.99 Å². The summed E-state index contributed by atoms with van der Waals surface area (Å²) in [5, 5.41) is 1.97. The summed E-state index contributed by atoms with van der Waals surface area (Å²) >= 11 is 0. The monoisotopic (exact) mass is 293 g/mol. The molecule has 1 atom stereocenters. The van der Waals surface area contributed by atoms with Crippen LogP contribution in [0.3, 0.4) is 0 Å². The van der Waals surface area contributed by atoms with Crippen molar-refractivity contribution in [1.29, 1.82) is 0 Å². The van der Waals surface area contributed by atoms with Gasteiger partial charge in [0, 0.05) is 11.8 Å². The molecule has 0 saturated heterocycles. The van der Waals surface area contributed by atoms with Gasteiger partial charge in [-0.1, -0.05) is 36.4 Å². The molecule has 3 rings (SSSR count). The average Bonchev–Trinajstić information content (AvgIpc) is 2.47. The second-order valence-electron chi connectivity index (χ2n) is 4.54. The first-order valence-corrected chi connectivity index (χ1v) is 6.12. The number of fused-ring (bicyclic) bond motifs is 1. The maximum Gasteiger partial charge on any atom is 0.436 e. The number of rotatable bonds is 1. The fourth-order valence-electron chi connectivity index (χ4n) is 2.23. The SMILES string of the molecule is O=C1NC(c2ccccc2)(C(F)(F)F)N=C2C=CC=CN12. The minimum absolute atomic E-state index is 0.0533. The number of nitrogens with one attached hydrogen (secondary N) is 1. The Balaban J connectivity index is 2.21. The summed E-state index contributed by atoms with van der Waals surface area (Å²) in [4.78, 5) is 16.8. The summed E-state index contributed by atoms with van der Waals surface area (Å²) in [5.74, 6) is -0.0533. The molecule has 7 heteroatoms. The van der Waals surface area contributed by atoms with E-state index >= 15 is 0 Å². The Morgan fingerprint density at radius 1 is 1.14 bits per heavy atom. The van der Waals surface area contributed by atoms with Gasteiger partial charge < -0.3 is 5.32 Å². The van der Waals surface area contributed by atoms with Crippen LogP contribution in [0.2, 0.25) is 0 Å². The van der Waals surface area contributed by atoms with Crippen molar-refractivity contribution in [3.8, 4) is 0 Å². The molecular weight excluding hydrogens is 283 g/mol. The maximum absolute atomic E-state index is 13.6. The fourth-order valence-corrected chi connectivity index (χ4v) is 2.23. The zero-order chi connectivity index (χ0) is 15.1. The summed E-state index contributed by atoms with van der Waals surface area (Å²) in [6.45, 7) is 0. The van der Waals surface area contributed by atoms with Gasteiger partial charge in [0.25, 0.3) is 5.66 Å². The first-order valence-electron chi connectivity index (χ1n) is 6.12. The van der Waals surface area contributed by atoms with E-state index in [1.807, 2.05) is 5.32 Å². The largest absolute Gasteiger partial charge is 0.436 e. The Morgan fingerprint density at radius 3 is 2.52 bits per heavy atom. The van der Waals surface area contributed by atoms with Gasteiger partial charge in [-0.05, 0) is 12.2 Å². The first-order chi connectivity index (χ1) is 9.94. The van der Waals surface area contributed by atoms with E-state index in [-0.39, 0.29) is 11.4 Å². The highest BCUT2D eigenvalue weighted by atomic mass is 19.4. The van der Waals surface area contributed by atoms with E-state index in [1.54, 1.807) is 12.1 Å². The van der Waals surface area contributed by atoms with Crippen LogP contribution in [0.25, 0.3) is 0 Å². The highest BCUT2D eigenvalue weighted by Crippen LogP contribution is 2.42. The number of hydrogen-bond acceptors (Lipinski definition) is 2. The molecule has 0 aromatic heterocycles. The number of benzene rings is 1. The van der Waals surface area contributed by atoms with Crippen LogP contribution in [-0.4, -0.2) is 22.9 Å². The lowest BCUT2D eigenvalue weighted by Crippen LogP contribution is -2.62. The number of aliphatic imine (C=N–C) groups is 1. The second-order valence-corrected chi connectivity index (χ2v) is 4.54. The number of allylic oxidation sites excluding steroid dienone is 2. The summed E-state index contributed by atoms with van der Waals surface area (Å²) in [6.07, 6.45) is 1.03. The number of carbonyl (C=O) groups excluding carboxylic acids is 1. The quantitative estimate of drug-likeness (QED) is 0.850. The molecular formula is C14H10F3N3O. The molecule has 2 amide bonds. The van der Waals surface area contributed by atoms with Crippen LogP contribution < -0.4 is 5.32 Å². The lowest BCUT2D eigenvalue weighted by atomic mass is 9.98. The molecule has 4 nitrogen and oxygen atoms in total. The van der Waals surface area contributed by atoms with Gasteiger partial charge >= 0.3 is 12.2 Å². The van der Waals surface area contributed by atoms with Crippen molar-refractivity contribution in [1.82, 2.24) is 10.2 Å². The molecule has 1 aromatic carbocycles. The molecule has 0 bridgehead atoms. The predicted molar refractivity (Wildman–Crippen MR) is 70.3 cm³/mol. The molecule has 1 N–H and O–H groups in total. The standard InChI is InChI=1S/C14H10F3N3O/c15-14(16,17)13(10-6-2-1-3-7-10)18-11-8-4-5-9-20(11)12(21)19-13/h1-9H,(H,19,21). The molecule has 0 aliphatic carbocycles. The molecule has 0 radical (unpaired) electrons. The van der Waals surface area contributed by atoms with E-state index in [4.69, 9.17) is 0 Å². The number of urea groups is 1. The number of amidine groups is 1. The van der Waals surface area contributed by atoms with Crippen molar-refractivity contribution in [3.63, 3.8) is 0 Å². The molecule has 1 unspecified atom stereocenters. The van der Waals surface area contributed by atoms with Gasteiger partial charge in [-0.3, -0.25) is 4.90 Å². The zero-order valence-electron chi connectivity index (χ0n) is 10.6. The Morgan fingerprint density at radius 2 is 1.86 bits per heavy atom. The molecule has 0 fully saturated rings. The number of carbonyl (C=O) groups is 1. The van der Waals surface area contributed by atoms with Crippen LogP contribution in [0.1, 0.15) is 5.56 Å². The maximum atomic E-state index is 13.6. The van der Waals surface area contributed by atoms with Gasteiger partial charge in [0.05, 0.1) is 0 Å². The smallest absolute Gasteiger partial charge is 0.301 e. The number of hydrogen-bond donors (Lipinski definition) is 1. The van der Waals surface area contributed by atoms with Gasteiger partial charge in [-0.25, -0.2) is 9.79 Å². The molecule has 108 valence electrons. The molecule has 0 spiro atoms. The molecule has 0 saturated carbocycles. The number of amides is 2. The van der Waals surface area contributed by atoms with Gasteiger partial charge in [-0.15, -0.1) is 0 Å². The summed E-state index contributed by atoms with van der Waals surface area (Å²) < 4.78 is 40.9. The molecule has 21 heavy (non-hydrogen) atoms. The summed E-state index contributed by atoms with van der Waals surface area (Å²) in [6, 6.07) is 6.24. The average molecular weight is 293 g/mol. The lowest BCUT2D eigenvalue weighted by molar-refractivity contribution is -0.196. The second kappa shape index (κ2) is 4.47. The van der Waals surface area contributed by atoms with Crippen molar-refractivity contribution in [3.05, 3.63) is 60.3 Å². The number of halogens is 3. The third-order valence-corrected chi connectivity index (χ3v) is 3.23. The predicted octanol–water partition coefficient (Wildman–Crippen LogP) is 2.91. The lowest BCUT2D eigenvalue weighted by Gasteiger charge is -2.39. The minimum atomic E-state index is -4.77. The van der Waals surface area contributed by atoms with E-state index in [0.717, 1.165) is 4.90 Å². The fraction of sp³-hybridized carbons (Fsp3) is 0.143. The van der Waals surface area contributed by atoms with Crippen LogP contribution in [0.4, 0.5) is 18.0 Å². The van der Waals surface area contributed by atoms with Gasteiger partial charge in [-0.2, -0.15) is 13.2 Å². The Hall–Kier alpha value is -2.57. The van der Waals surface area contributed by atoms with Crippen molar-refractivity contribution >= 4 is 11.9 Å². The van der Waals surface area contributed by atoms with E-state index < -0.39 is 17.9 Å². The van der Waals surface area contributed by atoms with Crippen LogP contribution in [0.15, 0.2) is 59.8 Å². The minimum Gasteiger partial charge on any atom is -0.301 e. The van der Waals surface area contributed by atoms with Crippen LogP contribution in [-0.2, 0) is 5.66 Å². The highest BCUT2D eigenvalue weighted by Gasteiger charge is 2.60. The van der Waals surface area contributed by atoms with Gasteiger partial charge in [0.2, 0.25) is 0 Å². The molecule has 1 aromatic rings. The van der Waals surface area contributed by atoms with E-state index in [1.165, 1.54) is 42.6 Å². The van der Waals surface area contributed by atoms with Crippen LogP contribution in [0, 0.1) is 0 Å². The Kier molecular flexibility index (Phi) is 2.86. The Labute approximate surface area is 118 Å². The van der Waals surface area contributed by atoms with Crippen LogP contribution >= 0.6 is 0 Å². The van der Waals surface area contributed by atoms with Gasteiger partial charge in [0.1, 0.15) is 5.84 Å². The number of alkyl halides is 3. The van der Waals surface area contributed by atoms with Crippen molar-refractivity contribution < 1.29 is 18.0 Å². The Bertz CT molecular complexity index is 664. The van der Waals surface area contributed by atoms with Crippen molar-refractivity contribution in [2.75, 3.05) is 0 Å². The third kappa shape index (κ3) is 2.01. The summed E-state index contributed by atoms with van der Waals surface area (Å²) in [7, 11) is 0. The normalized spacial score (nSPS) is 24.4. The van der Waals surface area contributed by atoms with E-state index in [0.29, 0.717) is 0 Å². The van der Waals surface area contributed by atoms with Crippen molar-refractivity contribution in [2.45, 2.75) is 11.8 Å². The molecule has 2 aliphatic rings. The molecule has 2 heterocycles. The van der Waals surface area contributed by atoms with E-state index in [9.17, 15) is 18.0 Å². The third-order valence-electron chi connectivity index (χ3n) is 3.23. The summed E-state index contributed by atoms with van der Waals surface area (Å²) in [5.41, 5.74) is -2.91. The van der Waals surface area contributed by atoms with E-state index in [2.05, 4.69) is 4.99 Å². The first kappa shape index (κ1) is 13.4. The topological polar surface area (TPSA) is 44.7 Å². The zero-order valence-corrected chi connectivity index (χ0v) is 10.6. The highest BCUT2D eigenvalue weighted by molar-refractivity contribution is 6.07. The van der Waals surface area contributed by atoms with Crippen LogP contribution in [0.5, 0.6) is 0 Å².